The Bertz CT molecular complexity index is 724. The van der Waals surface area contributed by atoms with E-state index in [-0.39, 0.29) is 31.1 Å². The predicted octanol–water partition coefficient (Wildman–Crippen LogP) is 2.29. The third-order valence-electron chi connectivity index (χ3n) is 3.79. The van der Waals surface area contributed by atoms with E-state index in [4.69, 9.17) is 5.73 Å². The number of nitrogens with zero attached hydrogens (tertiary/aromatic N) is 2. The SMILES string of the molecule is Cc1ccc(-c2nn(CC(C)C)c(=O)c(CN)c2CCO)cc1.Cl. The Kier molecular flexibility index (Phi) is 7.60. The molecule has 0 aliphatic carbocycles. The minimum absolute atomic E-state index is 0. The highest BCUT2D eigenvalue weighted by Crippen LogP contribution is 2.23. The lowest BCUT2D eigenvalue weighted by Gasteiger charge is -2.17. The van der Waals surface area contributed by atoms with Gasteiger partial charge >= 0.3 is 0 Å². The largest absolute Gasteiger partial charge is 0.396 e. The van der Waals surface area contributed by atoms with Crippen LogP contribution < -0.4 is 11.3 Å². The maximum Gasteiger partial charge on any atom is 0.271 e. The van der Waals surface area contributed by atoms with Crippen LogP contribution in [-0.4, -0.2) is 21.5 Å². The normalized spacial score (nSPS) is 10.8. The first-order chi connectivity index (χ1) is 11.0. The molecular weight excluding hydrogens is 326 g/mol. The Labute approximate surface area is 148 Å². The van der Waals surface area contributed by atoms with Crippen LogP contribution in [0.15, 0.2) is 29.1 Å². The summed E-state index contributed by atoms with van der Waals surface area (Å²) in [5.74, 6) is 0.306. The Balaban J connectivity index is 0.00000288. The van der Waals surface area contributed by atoms with Crippen LogP contribution in [0, 0.1) is 12.8 Å². The summed E-state index contributed by atoms with van der Waals surface area (Å²) in [7, 11) is 0. The Hall–Kier alpha value is -1.69. The first-order valence-electron chi connectivity index (χ1n) is 7.98. The van der Waals surface area contributed by atoms with Gasteiger partial charge in [-0.3, -0.25) is 4.79 Å². The Morgan fingerprint density at radius 3 is 2.33 bits per heavy atom. The highest BCUT2D eigenvalue weighted by atomic mass is 35.5. The Morgan fingerprint density at radius 2 is 1.83 bits per heavy atom. The van der Waals surface area contributed by atoms with E-state index in [1.54, 1.807) is 0 Å². The van der Waals surface area contributed by atoms with Crippen LogP contribution in [-0.2, 0) is 19.5 Å². The lowest BCUT2D eigenvalue weighted by molar-refractivity contribution is 0.299. The van der Waals surface area contributed by atoms with Gasteiger partial charge in [-0.25, -0.2) is 4.68 Å². The zero-order valence-electron chi connectivity index (χ0n) is 14.5. The summed E-state index contributed by atoms with van der Waals surface area (Å²) in [5, 5.41) is 14.0. The summed E-state index contributed by atoms with van der Waals surface area (Å²) in [5.41, 5.74) is 9.81. The molecule has 0 saturated carbocycles. The van der Waals surface area contributed by atoms with E-state index in [1.807, 2.05) is 45.0 Å². The van der Waals surface area contributed by atoms with Crippen LogP contribution in [0.3, 0.4) is 0 Å². The molecule has 0 bridgehead atoms. The van der Waals surface area contributed by atoms with E-state index in [1.165, 1.54) is 4.68 Å². The highest BCUT2D eigenvalue weighted by Gasteiger charge is 2.17. The number of aryl methyl sites for hydroxylation is 1. The molecule has 0 saturated heterocycles. The standard InChI is InChI=1S/C18H25N3O2.ClH/c1-12(2)11-21-18(23)16(10-19)15(8-9-22)17(20-21)14-6-4-13(3)5-7-14;/h4-7,12,22H,8-11,19H2,1-3H3;1H. The zero-order chi connectivity index (χ0) is 17.0. The third kappa shape index (κ3) is 4.44. The van der Waals surface area contributed by atoms with Gasteiger partial charge in [0.25, 0.3) is 5.56 Å². The number of aromatic nitrogens is 2. The number of nitrogens with two attached hydrogens (primary N) is 1. The van der Waals surface area contributed by atoms with Crippen molar-refractivity contribution in [2.45, 2.75) is 40.3 Å². The molecule has 0 aliphatic heterocycles. The molecule has 0 aliphatic rings. The highest BCUT2D eigenvalue weighted by molar-refractivity contribution is 5.85. The van der Waals surface area contributed by atoms with Gasteiger partial charge in [-0.15, -0.1) is 12.4 Å². The van der Waals surface area contributed by atoms with E-state index < -0.39 is 0 Å². The summed E-state index contributed by atoms with van der Waals surface area (Å²) in [4.78, 5) is 12.6. The molecule has 0 radical (unpaired) electrons. The number of benzene rings is 1. The van der Waals surface area contributed by atoms with Crippen LogP contribution in [0.4, 0.5) is 0 Å². The summed E-state index contributed by atoms with van der Waals surface area (Å²) >= 11 is 0. The molecule has 24 heavy (non-hydrogen) atoms. The monoisotopic (exact) mass is 351 g/mol. The molecule has 2 aromatic rings. The lowest BCUT2D eigenvalue weighted by atomic mass is 9.99. The predicted molar refractivity (Wildman–Crippen MR) is 99.4 cm³/mol. The molecule has 1 heterocycles. The molecule has 5 nitrogen and oxygen atoms in total. The van der Waals surface area contributed by atoms with Gasteiger partial charge in [-0.1, -0.05) is 43.7 Å². The maximum atomic E-state index is 12.6. The number of aliphatic hydroxyl groups excluding tert-OH is 1. The van der Waals surface area contributed by atoms with Gasteiger partial charge in [0, 0.05) is 30.8 Å². The van der Waals surface area contributed by atoms with Crippen LogP contribution in [0.5, 0.6) is 0 Å². The number of hydrogen-bond acceptors (Lipinski definition) is 4. The molecule has 2 rings (SSSR count). The molecule has 3 N–H and O–H groups in total. The molecule has 6 heteroatoms. The second-order valence-corrected chi connectivity index (χ2v) is 6.23. The lowest BCUT2D eigenvalue weighted by Crippen LogP contribution is -2.32. The maximum absolute atomic E-state index is 12.6. The van der Waals surface area contributed by atoms with Crippen molar-refractivity contribution in [2.75, 3.05) is 6.61 Å². The molecule has 0 fully saturated rings. The molecule has 0 atom stereocenters. The molecule has 0 unspecified atom stereocenters. The van der Waals surface area contributed by atoms with Crippen LogP contribution in [0.25, 0.3) is 11.3 Å². The molecule has 0 spiro atoms. The van der Waals surface area contributed by atoms with Crippen molar-refractivity contribution in [1.82, 2.24) is 9.78 Å². The van der Waals surface area contributed by atoms with Gasteiger partial charge in [0.2, 0.25) is 0 Å². The summed E-state index contributed by atoms with van der Waals surface area (Å²) in [6.07, 6.45) is 0.375. The third-order valence-corrected chi connectivity index (χ3v) is 3.79. The van der Waals surface area contributed by atoms with Crippen LogP contribution >= 0.6 is 12.4 Å². The first-order valence-corrected chi connectivity index (χ1v) is 7.98. The topological polar surface area (TPSA) is 81.1 Å². The zero-order valence-corrected chi connectivity index (χ0v) is 15.3. The summed E-state index contributed by atoms with van der Waals surface area (Å²) in [6, 6.07) is 8.01. The minimum Gasteiger partial charge on any atom is -0.396 e. The average molecular weight is 352 g/mol. The van der Waals surface area contributed by atoms with Crippen LogP contribution in [0.2, 0.25) is 0 Å². The molecule has 0 amide bonds. The fourth-order valence-electron chi connectivity index (χ4n) is 2.66. The van der Waals surface area contributed by atoms with Crippen molar-refractivity contribution in [3.05, 3.63) is 51.3 Å². The van der Waals surface area contributed by atoms with Crippen molar-refractivity contribution in [3.8, 4) is 11.3 Å². The van der Waals surface area contributed by atoms with E-state index in [9.17, 15) is 9.90 Å². The van der Waals surface area contributed by atoms with Gasteiger partial charge in [0.05, 0.1) is 5.69 Å². The minimum atomic E-state index is -0.152. The van der Waals surface area contributed by atoms with Crippen molar-refractivity contribution in [2.24, 2.45) is 11.7 Å². The molecular formula is C18H26ClN3O2. The fraction of sp³-hybridized carbons (Fsp3) is 0.444. The van der Waals surface area contributed by atoms with Crippen molar-refractivity contribution in [3.63, 3.8) is 0 Å². The molecule has 1 aromatic heterocycles. The summed E-state index contributed by atoms with van der Waals surface area (Å²) < 4.78 is 1.50. The van der Waals surface area contributed by atoms with Crippen molar-refractivity contribution >= 4 is 12.4 Å². The first kappa shape index (κ1) is 20.4. The summed E-state index contributed by atoms with van der Waals surface area (Å²) in [6.45, 7) is 6.77. The molecule has 1 aromatic carbocycles. The Morgan fingerprint density at radius 1 is 1.21 bits per heavy atom. The quantitative estimate of drug-likeness (QED) is 0.836. The fourth-order valence-corrected chi connectivity index (χ4v) is 2.66. The van der Waals surface area contributed by atoms with E-state index >= 15 is 0 Å². The van der Waals surface area contributed by atoms with E-state index in [0.717, 1.165) is 22.4 Å². The van der Waals surface area contributed by atoms with E-state index in [2.05, 4.69) is 5.10 Å². The second kappa shape index (κ2) is 8.97. The molecule has 132 valence electrons. The van der Waals surface area contributed by atoms with Crippen molar-refractivity contribution in [1.29, 1.82) is 0 Å². The number of rotatable bonds is 6. The average Bonchev–Trinajstić information content (AvgIpc) is 2.51. The number of aliphatic hydroxyl groups is 1. The van der Waals surface area contributed by atoms with Gasteiger partial charge in [0.15, 0.2) is 0 Å². The van der Waals surface area contributed by atoms with Crippen LogP contribution in [0.1, 0.15) is 30.5 Å². The van der Waals surface area contributed by atoms with Gasteiger partial charge in [-0.05, 0) is 24.8 Å². The van der Waals surface area contributed by atoms with Gasteiger partial charge in [-0.2, -0.15) is 5.10 Å². The van der Waals surface area contributed by atoms with E-state index in [0.29, 0.717) is 24.4 Å². The number of halogens is 1. The van der Waals surface area contributed by atoms with Gasteiger partial charge < -0.3 is 10.8 Å². The second-order valence-electron chi connectivity index (χ2n) is 6.23. The van der Waals surface area contributed by atoms with Gasteiger partial charge in [0.1, 0.15) is 0 Å². The number of hydrogen-bond donors (Lipinski definition) is 2. The smallest absolute Gasteiger partial charge is 0.271 e. The van der Waals surface area contributed by atoms with Crippen molar-refractivity contribution < 1.29 is 5.11 Å².